The first-order valence-corrected chi connectivity index (χ1v) is 4.32. The first kappa shape index (κ1) is 8.65. The molecule has 8 heavy (non-hydrogen) atoms. The molecule has 0 rings (SSSR count). The lowest BCUT2D eigenvalue weighted by Crippen LogP contribution is -2.41. The first-order chi connectivity index (χ1) is 3.72. The van der Waals surface area contributed by atoms with Crippen molar-refractivity contribution >= 4 is 22.6 Å². The summed E-state index contributed by atoms with van der Waals surface area (Å²) in [5.41, 5.74) is 11.2. The second-order valence-corrected chi connectivity index (χ2v) is 2.77. The molecule has 0 spiro atoms. The molecule has 0 heterocycles. The van der Waals surface area contributed by atoms with Gasteiger partial charge < -0.3 is 11.5 Å². The summed E-state index contributed by atoms with van der Waals surface area (Å²) >= 11 is 2.25. The predicted molar refractivity (Wildman–Crippen MR) is 45.1 cm³/mol. The Hall–Kier alpha value is 0.650. The van der Waals surface area contributed by atoms with E-state index in [4.69, 9.17) is 11.5 Å². The fourth-order valence-electron chi connectivity index (χ4n) is 0.417. The van der Waals surface area contributed by atoms with Crippen LogP contribution < -0.4 is 11.5 Å². The number of rotatable bonds is 3. The van der Waals surface area contributed by atoms with E-state index in [2.05, 4.69) is 29.5 Å². The van der Waals surface area contributed by atoms with E-state index in [1.54, 1.807) is 0 Å². The molecule has 0 aromatic carbocycles. The van der Waals surface area contributed by atoms with Crippen molar-refractivity contribution in [1.29, 1.82) is 0 Å². The molecule has 0 bridgehead atoms. The molecule has 0 fully saturated rings. The van der Waals surface area contributed by atoms with Crippen LogP contribution in [0.5, 0.6) is 0 Å². The average Bonchev–Trinajstić information content (AvgIpc) is 1.84. The van der Waals surface area contributed by atoms with Crippen molar-refractivity contribution in [1.82, 2.24) is 0 Å². The molecule has 0 aromatic heterocycles. The highest BCUT2D eigenvalue weighted by Gasteiger charge is 2.07. The Balaban J connectivity index is 3.29. The monoisotopic (exact) mass is 228 g/mol. The number of halogens is 1. The minimum atomic E-state index is 0.181. The van der Waals surface area contributed by atoms with Crippen LogP contribution in [0.2, 0.25) is 0 Å². The third kappa shape index (κ3) is 2.84. The van der Waals surface area contributed by atoms with Crippen molar-refractivity contribution < 1.29 is 0 Å². The summed E-state index contributed by atoms with van der Waals surface area (Å²) in [4.78, 5) is 0. The van der Waals surface area contributed by atoms with E-state index in [1.807, 2.05) is 0 Å². The van der Waals surface area contributed by atoms with Gasteiger partial charge in [0.15, 0.2) is 0 Å². The van der Waals surface area contributed by atoms with Crippen LogP contribution in [0.1, 0.15) is 13.3 Å². The highest BCUT2D eigenvalue weighted by atomic mass is 127. The minimum absolute atomic E-state index is 0.181. The molecular weight excluding hydrogens is 215 g/mol. The highest BCUT2D eigenvalue weighted by Crippen LogP contribution is 1.95. The standard InChI is InChI=1S/C5H13IN2/c1-2-4(7)5(8)3-6/h4-5H,2-3,7-8H2,1H3/t4-,5-/m1/s1. The molecule has 2 nitrogen and oxygen atoms in total. The zero-order valence-corrected chi connectivity index (χ0v) is 7.26. The summed E-state index contributed by atoms with van der Waals surface area (Å²) in [6.07, 6.45) is 0.976. The van der Waals surface area contributed by atoms with E-state index in [9.17, 15) is 0 Å². The zero-order chi connectivity index (χ0) is 6.57. The molecule has 0 radical (unpaired) electrons. The number of hydrogen-bond acceptors (Lipinski definition) is 2. The summed E-state index contributed by atoms with van der Waals surface area (Å²) in [5, 5.41) is 0. The molecule has 2 atom stereocenters. The first-order valence-electron chi connectivity index (χ1n) is 2.79. The maximum Gasteiger partial charge on any atom is 0.0283 e. The molecule has 0 aliphatic rings. The Morgan fingerprint density at radius 1 is 1.38 bits per heavy atom. The van der Waals surface area contributed by atoms with E-state index in [0.29, 0.717) is 0 Å². The molecule has 0 aliphatic heterocycles. The SMILES string of the molecule is CC[C@@H](N)[C@H](N)CI. The van der Waals surface area contributed by atoms with Crippen molar-refractivity contribution in [2.45, 2.75) is 25.4 Å². The smallest absolute Gasteiger partial charge is 0.0283 e. The third-order valence-electron chi connectivity index (χ3n) is 1.20. The van der Waals surface area contributed by atoms with Gasteiger partial charge in [-0.3, -0.25) is 0 Å². The van der Waals surface area contributed by atoms with Crippen molar-refractivity contribution in [2.75, 3.05) is 4.43 Å². The van der Waals surface area contributed by atoms with Crippen molar-refractivity contribution in [3.05, 3.63) is 0 Å². The number of hydrogen-bond donors (Lipinski definition) is 2. The van der Waals surface area contributed by atoms with E-state index in [1.165, 1.54) is 0 Å². The molecular formula is C5H13IN2. The van der Waals surface area contributed by atoms with Crippen LogP contribution in [0, 0.1) is 0 Å². The molecule has 3 heteroatoms. The molecule has 0 saturated carbocycles. The summed E-state index contributed by atoms with van der Waals surface area (Å²) in [6.45, 7) is 2.05. The van der Waals surface area contributed by atoms with Crippen molar-refractivity contribution in [3.63, 3.8) is 0 Å². The topological polar surface area (TPSA) is 52.0 Å². The van der Waals surface area contributed by atoms with Gasteiger partial charge in [0.05, 0.1) is 0 Å². The largest absolute Gasteiger partial charge is 0.326 e. The Morgan fingerprint density at radius 2 is 1.88 bits per heavy atom. The Kier molecular flexibility index (Phi) is 4.89. The van der Waals surface area contributed by atoms with Crippen molar-refractivity contribution in [3.8, 4) is 0 Å². The van der Waals surface area contributed by atoms with E-state index < -0.39 is 0 Å². The molecule has 0 aromatic rings. The van der Waals surface area contributed by atoms with E-state index in [-0.39, 0.29) is 12.1 Å². The predicted octanol–water partition coefficient (Wildman–Crippen LogP) is 0.486. The number of nitrogens with two attached hydrogens (primary N) is 2. The van der Waals surface area contributed by atoms with Crippen molar-refractivity contribution in [2.24, 2.45) is 11.5 Å². The zero-order valence-electron chi connectivity index (χ0n) is 5.10. The minimum Gasteiger partial charge on any atom is -0.326 e. The van der Waals surface area contributed by atoms with Gasteiger partial charge >= 0.3 is 0 Å². The molecule has 0 aliphatic carbocycles. The molecule has 4 N–H and O–H groups in total. The van der Waals surface area contributed by atoms with Gasteiger partial charge in [0, 0.05) is 16.5 Å². The van der Waals surface area contributed by atoms with Crippen LogP contribution in [0.15, 0.2) is 0 Å². The fraction of sp³-hybridized carbons (Fsp3) is 1.00. The number of alkyl halides is 1. The lowest BCUT2D eigenvalue weighted by Gasteiger charge is -2.14. The lowest BCUT2D eigenvalue weighted by atomic mass is 10.1. The van der Waals surface area contributed by atoms with Crippen LogP contribution in [-0.2, 0) is 0 Å². The molecule has 0 saturated heterocycles. The Morgan fingerprint density at radius 3 is 2.00 bits per heavy atom. The van der Waals surface area contributed by atoms with E-state index >= 15 is 0 Å². The normalized spacial score (nSPS) is 18.0. The van der Waals surface area contributed by atoms with Gasteiger partial charge in [0.2, 0.25) is 0 Å². The lowest BCUT2D eigenvalue weighted by molar-refractivity contribution is 0.556. The van der Waals surface area contributed by atoms with Crippen LogP contribution in [0.3, 0.4) is 0 Å². The van der Waals surface area contributed by atoms with Gasteiger partial charge in [-0.1, -0.05) is 29.5 Å². The van der Waals surface area contributed by atoms with E-state index in [0.717, 1.165) is 10.8 Å². The second kappa shape index (κ2) is 4.52. The molecule has 0 unspecified atom stereocenters. The van der Waals surface area contributed by atoms with Gasteiger partial charge in [-0.2, -0.15) is 0 Å². The molecule has 0 amide bonds. The third-order valence-corrected chi connectivity index (χ3v) is 2.22. The summed E-state index contributed by atoms with van der Waals surface area (Å²) in [5.74, 6) is 0. The van der Waals surface area contributed by atoms with Crippen LogP contribution in [0.25, 0.3) is 0 Å². The summed E-state index contributed by atoms with van der Waals surface area (Å²) in [6, 6.07) is 0.368. The average molecular weight is 228 g/mol. The van der Waals surface area contributed by atoms with Crippen LogP contribution in [0.4, 0.5) is 0 Å². The van der Waals surface area contributed by atoms with Gasteiger partial charge in [-0.05, 0) is 6.42 Å². The van der Waals surface area contributed by atoms with Crippen LogP contribution >= 0.6 is 22.6 Å². The quantitative estimate of drug-likeness (QED) is 0.545. The molecule has 50 valence electrons. The Labute approximate surface area is 64.1 Å². The van der Waals surface area contributed by atoms with Gasteiger partial charge in [-0.25, -0.2) is 0 Å². The van der Waals surface area contributed by atoms with Gasteiger partial charge in [0.1, 0.15) is 0 Å². The summed E-state index contributed by atoms with van der Waals surface area (Å²) < 4.78 is 0.951. The maximum atomic E-state index is 5.60. The van der Waals surface area contributed by atoms with Gasteiger partial charge in [-0.15, -0.1) is 0 Å². The highest BCUT2D eigenvalue weighted by molar-refractivity contribution is 14.1. The summed E-state index contributed by atoms with van der Waals surface area (Å²) in [7, 11) is 0. The maximum absolute atomic E-state index is 5.60. The van der Waals surface area contributed by atoms with Gasteiger partial charge in [0.25, 0.3) is 0 Å². The Bertz CT molecular complexity index is 50.4. The van der Waals surface area contributed by atoms with Crippen LogP contribution in [-0.4, -0.2) is 16.5 Å². The second-order valence-electron chi connectivity index (χ2n) is 1.89. The fourth-order valence-corrected chi connectivity index (χ4v) is 1.07.